The highest BCUT2D eigenvalue weighted by atomic mass is 35.5. The first kappa shape index (κ1) is 21.3. The van der Waals surface area contributed by atoms with Crippen molar-refractivity contribution in [2.75, 3.05) is 19.3 Å². The summed E-state index contributed by atoms with van der Waals surface area (Å²) < 4.78 is 25.7. The van der Waals surface area contributed by atoms with Crippen molar-refractivity contribution >= 4 is 27.5 Å². The fourth-order valence-electron chi connectivity index (χ4n) is 4.50. The molecule has 3 unspecified atom stereocenters. The van der Waals surface area contributed by atoms with Crippen molar-refractivity contribution in [2.24, 2.45) is 5.92 Å². The molecule has 2 aliphatic rings. The predicted octanol–water partition coefficient (Wildman–Crippen LogP) is 4.04. The van der Waals surface area contributed by atoms with Crippen molar-refractivity contribution in [3.05, 3.63) is 59.1 Å². The van der Waals surface area contributed by atoms with E-state index in [-0.39, 0.29) is 23.8 Å². The third-order valence-corrected chi connectivity index (χ3v) is 7.06. The Morgan fingerprint density at radius 3 is 2.53 bits per heavy atom. The zero-order chi connectivity index (χ0) is 21.3. The molecule has 1 amide bonds. The molecule has 0 radical (unpaired) electrons. The van der Waals surface area contributed by atoms with Gasteiger partial charge in [-0.3, -0.25) is 4.79 Å². The van der Waals surface area contributed by atoms with Crippen molar-refractivity contribution in [3.63, 3.8) is 0 Å². The summed E-state index contributed by atoms with van der Waals surface area (Å²) >= 11 is 6.04. The van der Waals surface area contributed by atoms with Gasteiger partial charge < -0.3 is 4.90 Å². The van der Waals surface area contributed by atoms with Gasteiger partial charge >= 0.3 is 0 Å². The Morgan fingerprint density at radius 1 is 1.07 bits per heavy atom. The fourth-order valence-corrected chi connectivity index (χ4v) is 5.46. The van der Waals surface area contributed by atoms with Gasteiger partial charge in [0.1, 0.15) is 0 Å². The van der Waals surface area contributed by atoms with E-state index in [1.165, 1.54) is 11.8 Å². The summed E-state index contributed by atoms with van der Waals surface area (Å²) in [5.74, 6) is 0.446. The van der Waals surface area contributed by atoms with E-state index in [2.05, 4.69) is 16.9 Å². The maximum Gasteiger partial charge on any atom is 0.226 e. The van der Waals surface area contributed by atoms with Crippen LogP contribution < -0.4 is 4.72 Å². The molecule has 0 bridgehead atoms. The van der Waals surface area contributed by atoms with Gasteiger partial charge in [0.05, 0.1) is 6.26 Å². The topological polar surface area (TPSA) is 66.5 Å². The van der Waals surface area contributed by atoms with Crippen LogP contribution in [-0.2, 0) is 14.8 Å². The average molecular weight is 447 g/mol. The molecule has 160 valence electrons. The van der Waals surface area contributed by atoms with E-state index in [1.807, 2.05) is 41.3 Å². The van der Waals surface area contributed by atoms with E-state index in [9.17, 15) is 13.2 Å². The average Bonchev–Trinajstić information content (AvgIpc) is 3.51. The monoisotopic (exact) mass is 446 g/mol. The molecule has 1 saturated carbocycles. The largest absolute Gasteiger partial charge is 0.342 e. The highest BCUT2D eigenvalue weighted by molar-refractivity contribution is 7.88. The number of carbonyl (C=O) groups is 1. The minimum Gasteiger partial charge on any atom is -0.342 e. The number of nitrogens with zero attached hydrogens (tertiary/aromatic N) is 1. The van der Waals surface area contributed by atoms with Crippen LogP contribution in [0.1, 0.15) is 37.2 Å². The van der Waals surface area contributed by atoms with Crippen LogP contribution in [-0.4, -0.2) is 44.6 Å². The number of benzene rings is 2. The zero-order valence-electron chi connectivity index (χ0n) is 17.1. The van der Waals surface area contributed by atoms with Gasteiger partial charge in [0.15, 0.2) is 0 Å². The number of sulfonamides is 1. The highest BCUT2D eigenvalue weighted by Crippen LogP contribution is 2.51. The van der Waals surface area contributed by atoms with E-state index < -0.39 is 10.0 Å². The van der Waals surface area contributed by atoms with Crippen molar-refractivity contribution in [3.8, 4) is 11.1 Å². The Bertz CT molecular complexity index is 1020. The van der Waals surface area contributed by atoms with Crippen molar-refractivity contribution in [2.45, 2.75) is 37.6 Å². The Labute approximate surface area is 183 Å². The third kappa shape index (κ3) is 5.05. The predicted molar refractivity (Wildman–Crippen MR) is 120 cm³/mol. The maximum absolute atomic E-state index is 13.2. The summed E-state index contributed by atoms with van der Waals surface area (Å²) in [4.78, 5) is 15.1. The Kier molecular flexibility index (Phi) is 6.19. The summed E-state index contributed by atoms with van der Waals surface area (Å²) in [6.07, 6.45) is 4.30. The number of nitrogens with one attached hydrogen (secondary N) is 1. The van der Waals surface area contributed by atoms with Crippen LogP contribution in [0.25, 0.3) is 11.1 Å². The number of hydrogen-bond acceptors (Lipinski definition) is 3. The smallest absolute Gasteiger partial charge is 0.226 e. The highest BCUT2D eigenvalue weighted by Gasteiger charge is 2.46. The van der Waals surface area contributed by atoms with Gasteiger partial charge in [0, 0.05) is 30.1 Å². The van der Waals surface area contributed by atoms with Gasteiger partial charge in [-0.15, -0.1) is 0 Å². The molecule has 2 aromatic carbocycles. The molecule has 2 fully saturated rings. The third-order valence-electron chi connectivity index (χ3n) is 6.04. The van der Waals surface area contributed by atoms with Gasteiger partial charge in [-0.2, -0.15) is 0 Å². The van der Waals surface area contributed by atoms with Crippen molar-refractivity contribution < 1.29 is 13.2 Å². The molecule has 1 N–H and O–H groups in total. The lowest BCUT2D eigenvalue weighted by molar-refractivity contribution is -0.132. The molecule has 3 atom stereocenters. The summed E-state index contributed by atoms with van der Waals surface area (Å²) in [5, 5.41) is 0.709. The molecule has 1 aliphatic carbocycles. The Hall–Kier alpha value is -1.89. The number of hydrogen-bond donors (Lipinski definition) is 1. The van der Waals surface area contributed by atoms with Crippen LogP contribution in [0.15, 0.2) is 48.5 Å². The zero-order valence-corrected chi connectivity index (χ0v) is 18.6. The molecule has 0 spiro atoms. The van der Waals surface area contributed by atoms with Crippen LogP contribution in [0.5, 0.6) is 0 Å². The van der Waals surface area contributed by atoms with Crippen LogP contribution in [0.2, 0.25) is 5.02 Å². The van der Waals surface area contributed by atoms with Gasteiger partial charge in [-0.1, -0.05) is 48.0 Å². The normalized spacial score (nSPS) is 24.3. The minimum atomic E-state index is -3.22. The molecule has 7 heteroatoms. The summed E-state index contributed by atoms with van der Waals surface area (Å²) in [7, 11) is -3.22. The van der Waals surface area contributed by atoms with Crippen LogP contribution >= 0.6 is 11.6 Å². The number of carbonyl (C=O) groups excluding carboxylic acids is 1. The molecule has 1 aliphatic heterocycles. The molecule has 2 aromatic rings. The second kappa shape index (κ2) is 8.69. The van der Waals surface area contributed by atoms with Gasteiger partial charge in [0.25, 0.3) is 0 Å². The van der Waals surface area contributed by atoms with E-state index >= 15 is 0 Å². The second-order valence-corrected chi connectivity index (χ2v) is 10.6. The van der Waals surface area contributed by atoms with Crippen LogP contribution in [0.3, 0.4) is 0 Å². The first-order valence-electron chi connectivity index (χ1n) is 10.4. The minimum absolute atomic E-state index is 0.0119. The number of halogens is 1. The molecule has 1 heterocycles. The maximum atomic E-state index is 13.2. The number of likely N-dealkylation sites (tertiary alicyclic amines) is 1. The van der Waals surface area contributed by atoms with Crippen LogP contribution in [0, 0.1) is 5.92 Å². The first-order chi connectivity index (χ1) is 14.3. The fraction of sp³-hybridized carbons (Fsp3) is 0.435. The van der Waals surface area contributed by atoms with Gasteiger partial charge in [0.2, 0.25) is 15.9 Å². The summed E-state index contributed by atoms with van der Waals surface area (Å²) in [5.41, 5.74) is 3.48. The van der Waals surface area contributed by atoms with Gasteiger partial charge in [-0.05, 0) is 60.4 Å². The van der Waals surface area contributed by atoms with Crippen molar-refractivity contribution in [1.29, 1.82) is 0 Å². The lowest BCUT2D eigenvalue weighted by Crippen LogP contribution is -2.36. The number of rotatable bonds is 5. The molecule has 4 rings (SSSR count). The lowest BCUT2D eigenvalue weighted by atomic mass is 9.96. The molecule has 1 saturated heterocycles. The Morgan fingerprint density at radius 2 is 1.80 bits per heavy atom. The first-order valence-corrected chi connectivity index (χ1v) is 12.7. The van der Waals surface area contributed by atoms with E-state index in [4.69, 9.17) is 11.6 Å². The van der Waals surface area contributed by atoms with E-state index in [1.54, 1.807) is 0 Å². The Balaban J connectivity index is 1.44. The molecule has 0 aromatic heterocycles. The summed E-state index contributed by atoms with van der Waals surface area (Å²) in [6, 6.07) is 16.0. The molecular formula is C23H27ClN2O3S. The summed E-state index contributed by atoms with van der Waals surface area (Å²) in [6.45, 7) is 1.30. The second-order valence-electron chi connectivity index (χ2n) is 8.39. The standard InChI is InChI=1S/C23H27ClN2O3S/c1-30(28,29)25-18-5-4-13-26(14-12-18)23(27)22-15-21(22)20-7-3-2-6-19(20)16-8-10-17(24)11-9-16/h2-3,6-11,18,21-22,25H,4-5,12-15H2,1H3. The quantitative estimate of drug-likeness (QED) is 0.753. The molecule has 5 nitrogen and oxygen atoms in total. The molecular weight excluding hydrogens is 420 g/mol. The SMILES string of the molecule is CS(=O)(=O)NC1CCCN(C(=O)C2CC2c2ccccc2-c2ccc(Cl)cc2)CC1. The van der Waals surface area contributed by atoms with E-state index in [0.717, 1.165) is 30.4 Å². The van der Waals surface area contributed by atoms with Crippen LogP contribution in [0.4, 0.5) is 0 Å². The van der Waals surface area contributed by atoms with E-state index in [0.29, 0.717) is 24.5 Å². The van der Waals surface area contributed by atoms with Crippen molar-refractivity contribution in [1.82, 2.24) is 9.62 Å². The number of amides is 1. The van der Waals surface area contributed by atoms with Gasteiger partial charge in [-0.25, -0.2) is 13.1 Å². The lowest BCUT2D eigenvalue weighted by Gasteiger charge is -2.21. The molecule has 30 heavy (non-hydrogen) atoms.